The molecule has 0 saturated carbocycles. The zero-order valence-corrected chi connectivity index (χ0v) is 14.6. The topological polar surface area (TPSA) is 62.5 Å². The van der Waals surface area contributed by atoms with E-state index in [-0.39, 0.29) is 35.3 Å². The minimum atomic E-state index is -0.935. The minimum Gasteiger partial charge on any atom is -0.387 e. The number of halogens is 1. The van der Waals surface area contributed by atoms with Gasteiger partial charge in [0, 0.05) is 31.4 Å². The van der Waals surface area contributed by atoms with Crippen LogP contribution in [0.4, 0.5) is 4.39 Å². The molecule has 0 saturated heterocycles. The summed E-state index contributed by atoms with van der Waals surface area (Å²) in [6.45, 7) is 4.44. The van der Waals surface area contributed by atoms with Gasteiger partial charge in [0.1, 0.15) is 5.82 Å². The molecule has 0 unspecified atom stereocenters. The summed E-state index contributed by atoms with van der Waals surface area (Å²) in [7, 11) is 1.61. The number of carbonyl (C=O) groups is 1. The van der Waals surface area contributed by atoms with E-state index >= 15 is 0 Å². The lowest BCUT2D eigenvalue weighted by Gasteiger charge is -2.27. The van der Waals surface area contributed by atoms with Crippen molar-refractivity contribution in [2.45, 2.75) is 20.0 Å². The summed E-state index contributed by atoms with van der Waals surface area (Å²) in [5.74, 6) is -0.505. The third-order valence-electron chi connectivity index (χ3n) is 3.87. The summed E-state index contributed by atoms with van der Waals surface area (Å²) < 4.78 is 14.4. The average Bonchev–Trinajstić information content (AvgIpc) is 2.56. The Labute approximate surface area is 146 Å². The molecule has 0 bridgehead atoms. The van der Waals surface area contributed by atoms with Crippen LogP contribution < -0.4 is 5.56 Å². The summed E-state index contributed by atoms with van der Waals surface area (Å²) in [5.41, 5.74) is 0.552. The molecule has 1 atom stereocenters. The number of pyridine rings is 1. The number of nitrogens with zero attached hydrogens (tertiary/aromatic N) is 2. The highest BCUT2D eigenvalue weighted by Crippen LogP contribution is 2.17. The van der Waals surface area contributed by atoms with E-state index in [9.17, 15) is 19.1 Å². The van der Waals surface area contributed by atoms with Crippen molar-refractivity contribution >= 4 is 5.91 Å². The maximum atomic E-state index is 13.0. The average molecular weight is 346 g/mol. The molecule has 1 heterocycles. The monoisotopic (exact) mass is 346 g/mol. The first-order valence-electron chi connectivity index (χ1n) is 8.17. The fourth-order valence-electron chi connectivity index (χ4n) is 2.54. The number of aryl methyl sites for hydroxylation is 1. The second-order valence-corrected chi connectivity index (χ2v) is 6.54. The highest BCUT2D eigenvalue weighted by Gasteiger charge is 2.21. The van der Waals surface area contributed by atoms with Crippen LogP contribution >= 0.6 is 0 Å². The predicted molar refractivity (Wildman–Crippen MR) is 93.8 cm³/mol. The first-order chi connectivity index (χ1) is 11.8. The Balaban J connectivity index is 2.22. The van der Waals surface area contributed by atoms with E-state index in [1.807, 2.05) is 13.8 Å². The van der Waals surface area contributed by atoms with Gasteiger partial charge < -0.3 is 14.6 Å². The molecule has 0 aliphatic heterocycles. The van der Waals surface area contributed by atoms with Crippen LogP contribution in [-0.2, 0) is 7.05 Å². The maximum Gasteiger partial charge on any atom is 0.254 e. The van der Waals surface area contributed by atoms with Gasteiger partial charge in [-0.2, -0.15) is 0 Å². The van der Waals surface area contributed by atoms with Crippen molar-refractivity contribution < 1.29 is 14.3 Å². The number of benzene rings is 1. The molecule has 25 heavy (non-hydrogen) atoms. The molecule has 134 valence electrons. The zero-order valence-electron chi connectivity index (χ0n) is 14.6. The van der Waals surface area contributed by atoms with Crippen LogP contribution in [0.5, 0.6) is 0 Å². The van der Waals surface area contributed by atoms with E-state index in [2.05, 4.69) is 0 Å². The SMILES string of the molecule is CC(C)CN(C[C@H](O)c1ccc(F)cc1)C(=O)c1ccn(C)c(=O)c1. The van der Waals surface area contributed by atoms with Gasteiger partial charge in [-0.1, -0.05) is 26.0 Å². The van der Waals surface area contributed by atoms with Gasteiger partial charge >= 0.3 is 0 Å². The number of aliphatic hydroxyl groups excluding tert-OH is 1. The van der Waals surface area contributed by atoms with Crippen LogP contribution in [0.25, 0.3) is 0 Å². The van der Waals surface area contributed by atoms with Crippen LogP contribution in [0.1, 0.15) is 35.9 Å². The number of hydrogen-bond donors (Lipinski definition) is 1. The smallest absolute Gasteiger partial charge is 0.254 e. The number of amides is 1. The van der Waals surface area contributed by atoms with Crippen molar-refractivity contribution in [1.29, 1.82) is 0 Å². The molecule has 0 fully saturated rings. The third kappa shape index (κ3) is 5.00. The maximum absolute atomic E-state index is 13.0. The van der Waals surface area contributed by atoms with Crippen molar-refractivity contribution in [3.8, 4) is 0 Å². The molecule has 1 aromatic heterocycles. The van der Waals surface area contributed by atoms with Gasteiger partial charge in [-0.3, -0.25) is 9.59 Å². The van der Waals surface area contributed by atoms with E-state index in [4.69, 9.17) is 0 Å². The van der Waals surface area contributed by atoms with Gasteiger partial charge in [-0.15, -0.1) is 0 Å². The number of rotatable bonds is 6. The summed E-state index contributed by atoms with van der Waals surface area (Å²) >= 11 is 0. The van der Waals surface area contributed by atoms with Crippen molar-refractivity contribution in [3.63, 3.8) is 0 Å². The first-order valence-corrected chi connectivity index (χ1v) is 8.17. The van der Waals surface area contributed by atoms with Crippen molar-refractivity contribution in [2.75, 3.05) is 13.1 Å². The molecule has 1 amide bonds. The second-order valence-electron chi connectivity index (χ2n) is 6.54. The molecule has 0 spiro atoms. The number of hydrogen-bond acceptors (Lipinski definition) is 3. The standard InChI is InChI=1S/C19H23FN2O3/c1-13(2)11-22(12-17(23)14-4-6-16(20)7-5-14)19(25)15-8-9-21(3)18(24)10-15/h4-10,13,17,23H,11-12H2,1-3H3/t17-/m0/s1. The molecular weight excluding hydrogens is 323 g/mol. The van der Waals surface area contributed by atoms with Gasteiger partial charge in [0.05, 0.1) is 12.6 Å². The minimum absolute atomic E-state index is 0.0673. The number of aliphatic hydroxyl groups is 1. The van der Waals surface area contributed by atoms with E-state index in [0.717, 1.165) is 0 Å². The van der Waals surface area contributed by atoms with E-state index < -0.39 is 6.10 Å². The lowest BCUT2D eigenvalue weighted by molar-refractivity contribution is 0.0594. The van der Waals surface area contributed by atoms with Gasteiger partial charge in [0.15, 0.2) is 0 Å². The highest BCUT2D eigenvalue weighted by atomic mass is 19.1. The lowest BCUT2D eigenvalue weighted by atomic mass is 10.1. The van der Waals surface area contributed by atoms with Crippen molar-refractivity contribution in [2.24, 2.45) is 13.0 Å². The fourth-order valence-corrected chi connectivity index (χ4v) is 2.54. The van der Waals surface area contributed by atoms with E-state index in [1.165, 1.54) is 39.8 Å². The van der Waals surface area contributed by atoms with Crippen LogP contribution in [0.15, 0.2) is 47.4 Å². The largest absolute Gasteiger partial charge is 0.387 e. The first kappa shape index (κ1) is 18.9. The molecule has 1 aromatic carbocycles. The number of aromatic nitrogens is 1. The van der Waals surface area contributed by atoms with E-state index in [0.29, 0.717) is 12.1 Å². The summed E-state index contributed by atoms with van der Waals surface area (Å²) in [6.07, 6.45) is 0.606. The molecule has 2 aromatic rings. The quantitative estimate of drug-likeness (QED) is 0.873. The Hall–Kier alpha value is -2.47. The van der Waals surface area contributed by atoms with Crippen molar-refractivity contribution in [1.82, 2.24) is 9.47 Å². The molecule has 0 radical (unpaired) electrons. The molecule has 6 heteroatoms. The summed E-state index contributed by atoms with van der Waals surface area (Å²) in [4.78, 5) is 26.1. The van der Waals surface area contributed by atoms with E-state index in [1.54, 1.807) is 19.3 Å². The van der Waals surface area contributed by atoms with Crippen molar-refractivity contribution in [3.05, 3.63) is 69.9 Å². The highest BCUT2D eigenvalue weighted by molar-refractivity contribution is 5.94. The third-order valence-corrected chi connectivity index (χ3v) is 3.87. The Morgan fingerprint density at radius 3 is 2.40 bits per heavy atom. The molecule has 2 rings (SSSR count). The lowest BCUT2D eigenvalue weighted by Crippen LogP contribution is -2.38. The molecule has 1 N–H and O–H groups in total. The van der Waals surface area contributed by atoms with Gasteiger partial charge in [0.2, 0.25) is 0 Å². The molecular formula is C19H23FN2O3. The normalized spacial score (nSPS) is 12.2. The summed E-state index contributed by atoms with van der Waals surface area (Å²) in [6, 6.07) is 8.41. The van der Waals surface area contributed by atoms with Crippen LogP contribution in [0.3, 0.4) is 0 Å². The fraction of sp³-hybridized carbons (Fsp3) is 0.368. The Morgan fingerprint density at radius 2 is 1.84 bits per heavy atom. The van der Waals surface area contributed by atoms with Crippen LogP contribution in [0, 0.1) is 11.7 Å². The van der Waals surface area contributed by atoms with Crippen LogP contribution in [-0.4, -0.2) is 33.6 Å². The zero-order chi connectivity index (χ0) is 18.6. The molecule has 5 nitrogen and oxygen atoms in total. The van der Waals surface area contributed by atoms with Gasteiger partial charge in [-0.25, -0.2) is 4.39 Å². The van der Waals surface area contributed by atoms with Gasteiger partial charge in [-0.05, 0) is 29.7 Å². The number of carbonyl (C=O) groups excluding carboxylic acids is 1. The Kier molecular flexibility index (Phi) is 6.09. The van der Waals surface area contributed by atoms with Gasteiger partial charge in [0.25, 0.3) is 11.5 Å². The molecule has 0 aliphatic carbocycles. The Bertz CT molecular complexity index is 784. The summed E-state index contributed by atoms with van der Waals surface area (Å²) in [5, 5.41) is 10.4. The second kappa shape index (κ2) is 8.07. The predicted octanol–water partition coefficient (Wildman–Crippen LogP) is 2.36. The van der Waals surface area contributed by atoms with Crippen LogP contribution in [0.2, 0.25) is 0 Å². The molecule has 0 aliphatic rings. The Morgan fingerprint density at radius 1 is 1.20 bits per heavy atom.